The number of hydrogen-bond donors (Lipinski definition) is 2. The smallest absolute Gasteiger partial charge is 0.414 e. The van der Waals surface area contributed by atoms with Gasteiger partial charge >= 0.3 is 12.2 Å². The van der Waals surface area contributed by atoms with Gasteiger partial charge in [0, 0.05) is 24.2 Å². The zero-order valence-electron chi connectivity index (χ0n) is 22.4. The van der Waals surface area contributed by atoms with Crippen molar-refractivity contribution < 1.29 is 29.3 Å². The van der Waals surface area contributed by atoms with Gasteiger partial charge in [0.05, 0.1) is 16.4 Å². The molecule has 0 atom stereocenters. The van der Waals surface area contributed by atoms with Crippen LogP contribution in [0.3, 0.4) is 0 Å². The van der Waals surface area contributed by atoms with E-state index in [0.717, 1.165) is 30.5 Å². The van der Waals surface area contributed by atoms with Crippen LogP contribution in [-0.2, 0) is 22.3 Å². The predicted octanol–water partition coefficient (Wildman–Crippen LogP) is 6.81. The molecule has 0 saturated carbocycles. The van der Waals surface area contributed by atoms with E-state index in [4.69, 9.17) is 21.1 Å². The van der Waals surface area contributed by atoms with Crippen molar-refractivity contribution in [1.82, 2.24) is 0 Å². The Bertz CT molecular complexity index is 1150. The van der Waals surface area contributed by atoms with Crippen LogP contribution in [0.4, 0.5) is 21.0 Å². The summed E-state index contributed by atoms with van der Waals surface area (Å²) in [5, 5.41) is 20.1. The molecule has 2 aromatic carbocycles. The molecule has 2 heterocycles. The first kappa shape index (κ1) is 28.4. The highest BCUT2D eigenvalue weighted by Crippen LogP contribution is 2.39. The lowest BCUT2D eigenvalue weighted by Crippen LogP contribution is -2.39. The van der Waals surface area contributed by atoms with Crippen LogP contribution in [0.15, 0.2) is 30.3 Å². The van der Waals surface area contributed by atoms with Crippen LogP contribution in [-0.4, -0.2) is 46.7 Å². The number of benzene rings is 2. The Morgan fingerprint density at radius 2 is 1.27 bits per heavy atom. The molecule has 2 aliphatic heterocycles. The average Bonchev–Trinajstić information content (AvgIpc) is 2.79. The number of ether oxygens (including phenoxy) is 2. The number of carbonyl (C=O) groups is 2. The number of rotatable bonds is 0. The first-order valence-electron chi connectivity index (χ1n) is 12.5. The first-order valence-corrected chi connectivity index (χ1v) is 12.9. The number of phenolic OH excluding ortho intramolecular Hbond substituents is 2. The lowest BCUT2D eigenvalue weighted by Gasteiger charge is -2.32. The van der Waals surface area contributed by atoms with E-state index in [-0.39, 0.29) is 17.6 Å². The molecule has 0 saturated heterocycles. The highest BCUT2D eigenvalue weighted by Gasteiger charge is 2.30. The van der Waals surface area contributed by atoms with Crippen LogP contribution in [0.25, 0.3) is 0 Å². The molecule has 2 aliphatic rings. The summed E-state index contributed by atoms with van der Waals surface area (Å²) in [7, 11) is 0. The maximum absolute atomic E-state index is 12.2. The molecule has 8 nitrogen and oxygen atoms in total. The Labute approximate surface area is 223 Å². The maximum Gasteiger partial charge on any atom is 0.414 e. The number of halogens is 1. The number of amides is 2. The van der Waals surface area contributed by atoms with Crippen molar-refractivity contribution in [3.63, 3.8) is 0 Å². The lowest BCUT2D eigenvalue weighted by atomic mass is 10.0. The monoisotopic (exact) mass is 532 g/mol. The molecule has 202 valence electrons. The van der Waals surface area contributed by atoms with Crippen molar-refractivity contribution in [3.05, 3.63) is 46.5 Å². The van der Waals surface area contributed by atoms with E-state index in [2.05, 4.69) is 0 Å². The summed E-state index contributed by atoms with van der Waals surface area (Å²) in [4.78, 5) is 27.4. The average molecular weight is 533 g/mol. The van der Waals surface area contributed by atoms with Crippen molar-refractivity contribution >= 4 is 35.2 Å². The summed E-state index contributed by atoms with van der Waals surface area (Å²) in [5.74, 6) is 0.313. The number of phenols is 2. The number of fused-ring (bicyclic) bond motifs is 2. The molecule has 0 aromatic heterocycles. The van der Waals surface area contributed by atoms with Crippen molar-refractivity contribution in [2.45, 2.75) is 78.4 Å². The van der Waals surface area contributed by atoms with E-state index in [9.17, 15) is 19.8 Å². The van der Waals surface area contributed by atoms with Crippen LogP contribution in [0.2, 0.25) is 5.02 Å². The van der Waals surface area contributed by atoms with Gasteiger partial charge in [0.25, 0.3) is 0 Å². The number of carbonyl (C=O) groups excluding carboxylic acids is 2. The molecule has 2 N–H and O–H groups in total. The summed E-state index contributed by atoms with van der Waals surface area (Å²) in [6.45, 7) is 12.2. The van der Waals surface area contributed by atoms with Gasteiger partial charge in [-0.05, 0) is 91.5 Å². The van der Waals surface area contributed by atoms with Gasteiger partial charge in [-0.1, -0.05) is 17.7 Å². The fourth-order valence-corrected chi connectivity index (χ4v) is 4.43. The first-order chi connectivity index (χ1) is 17.2. The number of aromatic hydroxyl groups is 2. The molecule has 0 radical (unpaired) electrons. The number of hydrogen-bond acceptors (Lipinski definition) is 6. The van der Waals surface area contributed by atoms with E-state index >= 15 is 0 Å². The quantitative estimate of drug-likeness (QED) is 0.386. The highest BCUT2D eigenvalue weighted by atomic mass is 35.5. The van der Waals surface area contributed by atoms with E-state index < -0.39 is 17.3 Å². The van der Waals surface area contributed by atoms with Crippen LogP contribution >= 0.6 is 11.6 Å². The summed E-state index contributed by atoms with van der Waals surface area (Å²) in [6.07, 6.45) is 2.37. The summed E-state index contributed by atoms with van der Waals surface area (Å²) < 4.78 is 10.8. The van der Waals surface area contributed by atoms with E-state index in [1.807, 2.05) is 47.6 Å². The summed E-state index contributed by atoms with van der Waals surface area (Å²) in [6, 6.07) is 8.59. The van der Waals surface area contributed by atoms with Crippen LogP contribution in [0, 0.1) is 0 Å². The SMILES string of the molecule is CC(C)(C)OC(=O)N1CCCc2c(O)cccc21.CC(C)(C)OC(=O)N1CCCc2c1ccc(Cl)c2O. The van der Waals surface area contributed by atoms with Gasteiger partial charge in [0.15, 0.2) is 0 Å². The molecule has 0 fully saturated rings. The van der Waals surface area contributed by atoms with E-state index in [0.29, 0.717) is 35.8 Å². The Balaban J connectivity index is 0.000000206. The molecule has 0 bridgehead atoms. The standard InChI is InChI=1S/C14H18ClNO3.C14H19NO3/c1-14(2,3)19-13(18)16-8-4-5-9-11(16)7-6-10(15)12(9)17;1-14(2,3)18-13(17)15-9-5-6-10-11(15)7-4-8-12(10)16/h6-7,17H,4-5,8H2,1-3H3;4,7-8,16H,5-6,9H2,1-3H3. The van der Waals surface area contributed by atoms with E-state index in [1.54, 1.807) is 34.1 Å². The second-order valence-corrected chi connectivity index (χ2v) is 11.5. The van der Waals surface area contributed by atoms with Crippen molar-refractivity contribution in [1.29, 1.82) is 0 Å². The molecule has 0 aliphatic carbocycles. The third-order valence-electron chi connectivity index (χ3n) is 5.76. The van der Waals surface area contributed by atoms with Gasteiger partial charge in [0.2, 0.25) is 0 Å². The van der Waals surface area contributed by atoms with Gasteiger partial charge in [-0.25, -0.2) is 9.59 Å². The van der Waals surface area contributed by atoms with Gasteiger partial charge in [0.1, 0.15) is 22.7 Å². The minimum Gasteiger partial charge on any atom is -0.508 e. The van der Waals surface area contributed by atoms with Crippen molar-refractivity contribution in [2.75, 3.05) is 22.9 Å². The summed E-state index contributed by atoms with van der Waals surface area (Å²) >= 11 is 5.89. The number of nitrogens with zero attached hydrogens (tertiary/aromatic N) is 2. The Hall–Kier alpha value is -3.13. The van der Waals surface area contributed by atoms with Gasteiger partial charge in [-0.15, -0.1) is 0 Å². The minimum atomic E-state index is -0.539. The Kier molecular flexibility index (Phi) is 8.52. The fraction of sp³-hybridized carbons (Fsp3) is 0.500. The fourth-order valence-electron chi connectivity index (χ4n) is 4.25. The lowest BCUT2D eigenvalue weighted by molar-refractivity contribution is 0.0566. The Morgan fingerprint density at radius 1 is 0.784 bits per heavy atom. The van der Waals surface area contributed by atoms with E-state index in [1.165, 1.54) is 0 Å². The zero-order chi connectivity index (χ0) is 27.5. The van der Waals surface area contributed by atoms with Crippen molar-refractivity contribution in [2.24, 2.45) is 0 Å². The third kappa shape index (κ3) is 7.22. The molecule has 9 heteroatoms. The summed E-state index contributed by atoms with van der Waals surface area (Å²) in [5.41, 5.74) is 1.94. The Morgan fingerprint density at radius 3 is 1.78 bits per heavy atom. The minimum absolute atomic E-state index is 0.0624. The van der Waals surface area contributed by atoms with Crippen molar-refractivity contribution in [3.8, 4) is 11.5 Å². The van der Waals surface area contributed by atoms with Gasteiger partial charge in [-0.2, -0.15) is 0 Å². The van der Waals surface area contributed by atoms with Gasteiger partial charge < -0.3 is 19.7 Å². The molecular formula is C28H37ClN2O6. The molecule has 37 heavy (non-hydrogen) atoms. The zero-order valence-corrected chi connectivity index (χ0v) is 23.2. The maximum atomic E-state index is 12.2. The van der Waals surface area contributed by atoms with Crippen LogP contribution < -0.4 is 9.80 Å². The van der Waals surface area contributed by atoms with Crippen LogP contribution in [0.5, 0.6) is 11.5 Å². The third-order valence-corrected chi connectivity index (χ3v) is 6.07. The predicted molar refractivity (Wildman–Crippen MR) is 145 cm³/mol. The highest BCUT2D eigenvalue weighted by molar-refractivity contribution is 6.32. The second-order valence-electron chi connectivity index (χ2n) is 11.1. The molecule has 2 amide bonds. The molecule has 4 rings (SSSR count). The normalized spacial score (nSPS) is 15.1. The molecule has 2 aromatic rings. The number of anilines is 2. The molecule has 0 unspecified atom stereocenters. The largest absolute Gasteiger partial charge is 0.508 e. The molecule has 0 spiro atoms. The topological polar surface area (TPSA) is 99.5 Å². The second kappa shape index (κ2) is 11.1. The van der Waals surface area contributed by atoms with Crippen LogP contribution in [0.1, 0.15) is 65.5 Å². The molecular weight excluding hydrogens is 496 g/mol. The van der Waals surface area contributed by atoms with Gasteiger partial charge in [-0.3, -0.25) is 9.80 Å².